The van der Waals surface area contributed by atoms with E-state index in [4.69, 9.17) is 4.74 Å². The average Bonchev–Trinajstić information content (AvgIpc) is 2.28. The number of aromatic hydroxyl groups is 1. The fourth-order valence-corrected chi connectivity index (χ4v) is 2.71. The van der Waals surface area contributed by atoms with Gasteiger partial charge in [0.1, 0.15) is 11.5 Å². The molecule has 2 rings (SSSR count). The Bertz CT molecular complexity index is 353. The molecule has 0 saturated heterocycles. The Kier molecular flexibility index (Phi) is 3.93. The number of hydrogen-bond donors (Lipinski definition) is 1. The normalized spacial score (nSPS) is 24.6. The average molecular weight is 234 g/mol. The lowest BCUT2D eigenvalue weighted by atomic mass is 9.85. The molecule has 2 atom stereocenters. The summed E-state index contributed by atoms with van der Waals surface area (Å²) in [7, 11) is 0. The molecule has 2 nitrogen and oxygen atoms in total. The first-order valence-corrected chi connectivity index (χ1v) is 6.64. The van der Waals surface area contributed by atoms with Gasteiger partial charge >= 0.3 is 0 Å². The topological polar surface area (TPSA) is 29.5 Å². The van der Waals surface area contributed by atoms with Crippen molar-refractivity contribution in [2.75, 3.05) is 0 Å². The Morgan fingerprint density at radius 3 is 2.82 bits per heavy atom. The molecule has 1 aromatic rings. The van der Waals surface area contributed by atoms with E-state index in [1.165, 1.54) is 19.3 Å². The van der Waals surface area contributed by atoms with Gasteiger partial charge in [0.2, 0.25) is 0 Å². The van der Waals surface area contributed by atoms with Crippen LogP contribution in [0.5, 0.6) is 11.5 Å². The Hall–Kier alpha value is -1.18. The summed E-state index contributed by atoms with van der Waals surface area (Å²) in [5.41, 5.74) is 1.04. The number of hydrogen-bond acceptors (Lipinski definition) is 2. The Morgan fingerprint density at radius 2 is 2.12 bits per heavy atom. The van der Waals surface area contributed by atoms with Crippen LogP contribution in [0.4, 0.5) is 0 Å². The molecule has 2 heteroatoms. The van der Waals surface area contributed by atoms with Crippen LogP contribution >= 0.6 is 0 Å². The minimum atomic E-state index is 0.294. The van der Waals surface area contributed by atoms with Gasteiger partial charge < -0.3 is 9.84 Å². The molecule has 1 saturated carbocycles. The van der Waals surface area contributed by atoms with E-state index in [2.05, 4.69) is 6.92 Å². The molecule has 94 valence electrons. The van der Waals surface area contributed by atoms with Gasteiger partial charge in [-0.25, -0.2) is 0 Å². The SMILES string of the molecule is CCC1CCCC(Oc2cc(C)cc(O)c2)C1. The molecule has 1 N–H and O–H groups in total. The fourth-order valence-electron chi connectivity index (χ4n) is 2.71. The van der Waals surface area contributed by atoms with Crippen LogP contribution in [0.15, 0.2) is 18.2 Å². The van der Waals surface area contributed by atoms with E-state index in [1.54, 1.807) is 12.1 Å². The zero-order chi connectivity index (χ0) is 12.3. The van der Waals surface area contributed by atoms with Crippen molar-refractivity contribution < 1.29 is 9.84 Å². The maximum Gasteiger partial charge on any atom is 0.123 e. The van der Waals surface area contributed by atoms with E-state index in [0.717, 1.165) is 30.1 Å². The minimum Gasteiger partial charge on any atom is -0.508 e. The van der Waals surface area contributed by atoms with Crippen molar-refractivity contribution in [3.05, 3.63) is 23.8 Å². The van der Waals surface area contributed by atoms with Gasteiger partial charge in [0.15, 0.2) is 0 Å². The molecule has 1 aromatic carbocycles. The summed E-state index contributed by atoms with van der Waals surface area (Å²) >= 11 is 0. The molecule has 1 aliphatic rings. The van der Waals surface area contributed by atoms with Crippen molar-refractivity contribution in [2.24, 2.45) is 5.92 Å². The molecule has 0 aliphatic heterocycles. The van der Waals surface area contributed by atoms with E-state index < -0.39 is 0 Å². The second-order valence-electron chi connectivity index (χ2n) is 5.19. The summed E-state index contributed by atoms with van der Waals surface area (Å²) in [4.78, 5) is 0. The second-order valence-corrected chi connectivity index (χ2v) is 5.19. The summed E-state index contributed by atoms with van der Waals surface area (Å²) in [6.45, 7) is 4.23. The van der Waals surface area contributed by atoms with Gasteiger partial charge in [-0.2, -0.15) is 0 Å². The molecular formula is C15H22O2. The van der Waals surface area contributed by atoms with Crippen molar-refractivity contribution >= 4 is 0 Å². The molecular weight excluding hydrogens is 212 g/mol. The third kappa shape index (κ3) is 3.39. The highest BCUT2D eigenvalue weighted by atomic mass is 16.5. The van der Waals surface area contributed by atoms with Crippen molar-refractivity contribution in [1.29, 1.82) is 0 Å². The molecule has 2 unspecified atom stereocenters. The molecule has 0 spiro atoms. The van der Waals surface area contributed by atoms with Gasteiger partial charge in [-0.3, -0.25) is 0 Å². The molecule has 17 heavy (non-hydrogen) atoms. The van der Waals surface area contributed by atoms with Gasteiger partial charge in [-0.15, -0.1) is 0 Å². The quantitative estimate of drug-likeness (QED) is 0.855. The number of phenols is 1. The highest BCUT2D eigenvalue weighted by Gasteiger charge is 2.22. The maximum absolute atomic E-state index is 9.54. The number of phenolic OH excluding ortho intramolecular Hbond substituents is 1. The predicted molar refractivity (Wildman–Crippen MR) is 69.5 cm³/mol. The second kappa shape index (κ2) is 5.44. The van der Waals surface area contributed by atoms with Crippen LogP contribution in [0.2, 0.25) is 0 Å². The monoisotopic (exact) mass is 234 g/mol. The maximum atomic E-state index is 9.54. The smallest absolute Gasteiger partial charge is 0.123 e. The molecule has 0 aromatic heterocycles. The summed E-state index contributed by atoms with van der Waals surface area (Å²) in [5, 5.41) is 9.54. The van der Waals surface area contributed by atoms with Crippen molar-refractivity contribution in [1.82, 2.24) is 0 Å². The highest BCUT2D eigenvalue weighted by Crippen LogP contribution is 2.30. The number of ether oxygens (including phenoxy) is 1. The Balaban J connectivity index is 2.00. The van der Waals surface area contributed by atoms with Gasteiger partial charge in [0.25, 0.3) is 0 Å². The number of rotatable bonds is 3. The molecule has 0 heterocycles. The summed E-state index contributed by atoms with van der Waals surface area (Å²) in [5.74, 6) is 1.92. The zero-order valence-electron chi connectivity index (χ0n) is 10.8. The summed E-state index contributed by atoms with van der Waals surface area (Å²) in [6, 6.07) is 5.46. The summed E-state index contributed by atoms with van der Waals surface area (Å²) < 4.78 is 5.99. The van der Waals surface area contributed by atoms with Crippen LogP contribution in [0, 0.1) is 12.8 Å². The lowest BCUT2D eigenvalue weighted by molar-refractivity contribution is 0.122. The largest absolute Gasteiger partial charge is 0.508 e. The van der Waals surface area contributed by atoms with Crippen LogP contribution in [0.3, 0.4) is 0 Å². The van der Waals surface area contributed by atoms with Crippen LogP contribution in [0.1, 0.15) is 44.6 Å². The molecule has 0 bridgehead atoms. The lowest BCUT2D eigenvalue weighted by Gasteiger charge is -2.29. The fraction of sp³-hybridized carbons (Fsp3) is 0.600. The standard InChI is InChI=1S/C15H22O2/c1-3-12-5-4-6-14(9-12)17-15-8-11(2)7-13(16)10-15/h7-8,10,12,14,16H,3-6,9H2,1-2H3. The van der Waals surface area contributed by atoms with Crippen LogP contribution in [0.25, 0.3) is 0 Å². The molecule has 1 fully saturated rings. The van der Waals surface area contributed by atoms with Crippen molar-refractivity contribution in [3.8, 4) is 11.5 Å². The molecule has 1 aliphatic carbocycles. The van der Waals surface area contributed by atoms with Gasteiger partial charge in [0, 0.05) is 6.07 Å². The third-order valence-corrected chi connectivity index (χ3v) is 3.65. The molecule has 0 amide bonds. The predicted octanol–water partition coefficient (Wildman–Crippen LogP) is 4.05. The Labute approximate surface area is 104 Å². The van der Waals surface area contributed by atoms with Crippen molar-refractivity contribution in [3.63, 3.8) is 0 Å². The van der Waals surface area contributed by atoms with E-state index in [9.17, 15) is 5.11 Å². The lowest BCUT2D eigenvalue weighted by Crippen LogP contribution is -2.25. The van der Waals surface area contributed by atoms with Crippen LogP contribution < -0.4 is 4.74 Å². The van der Waals surface area contributed by atoms with Gasteiger partial charge in [-0.1, -0.05) is 19.8 Å². The Morgan fingerprint density at radius 1 is 1.29 bits per heavy atom. The van der Waals surface area contributed by atoms with E-state index in [1.807, 2.05) is 13.0 Å². The van der Waals surface area contributed by atoms with E-state index in [-0.39, 0.29) is 0 Å². The summed E-state index contributed by atoms with van der Waals surface area (Å²) in [6.07, 6.45) is 6.49. The molecule has 0 radical (unpaired) electrons. The minimum absolute atomic E-state index is 0.294. The highest BCUT2D eigenvalue weighted by molar-refractivity contribution is 5.36. The van der Waals surface area contributed by atoms with Crippen LogP contribution in [-0.2, 0) is 0 Å². The number of aryl methyl sites for hydroxylation is 1. The first kappa shape index (κ1) is 12.3. The van der Waals surface area contributed by atoms with Crippen molar-refractivity contribution in [2.45, 2.75) is 52.1 Å². The third-order valence-electron chi connectivity index (χ3n) is 3.65. The van der Waals surface area contributed by atoms with Crippen LogP contribution in [-0.4, -0.2) is 11.2 Å². The van der Waals surface area contributed by atoms with E-state index in [0.29, 0.717) is 11.9 Å². The first-order chi connectivity index (χ1) is 8.17. The van der Waals surface area contributed by atoms with Gasteiger partial charge in [0.05, 0.1) is 6.10 Å². The van der Waals surface area contributed by atoms with E-state index >= 15 is 0 Å². The first-order valence-electron chi connectivity index (χ1n) is 6.64. The number of benzene rings is 1. The van der Waals surface area contributed by atoms with Gasteiger partial charge in [-0.05, 0) is 49.8 Å². The zero-order valence-corrected chi connectivity index (χ0v) is 10.8.